The Kier molecular flexibility index (Phi) is 31.4. The molecule has 3 aliphatic rings. The quantitative estimate of drug-likeness (QED) is 0.219. The number of alkyl halides is 3. The van der Waals surface area contributed by atoms with E-state index in [-0.39, 0.29) is 0 Å². The summed E-state index contributed by atoms with van der Waals surface area (Å²) in [6, 6.07) is 0. The van der Waals surface area contributed by atoms with Crippen LogP contribution in [-0.2, 0) is 14.2 Å². The van der Waals surface area contributed by atoms with Gasteiger partial charge in [-0.15, -0.1) is 0 Å². The standard InChI is InChI=1S/C10H20BrNO.C6H12Br2.C4H9NO.C4H8O/c11-5-3-1-2-4-6-12-7-9-13-10-8-12;7-5-3-1-2-4-6-8;1-3-6-4-2-5-1;1-2-4-5-3-1/h1-10H2;1-6H2;5H,1-4H2;1-4H2. The van der Waals surface area contributed by atoms with Crippen LogP contribution < -0.4 is 5.32 Å². The molecule has 1 N–H and O–H groups in total. The van der Waals surface area contributed by atoms with Gasteiger partial charge in [0.25, 0.3) is 0 Å². The summed E-state index contributed by atoms with van der Waals surface area (Å²) in [6.07, 6.45) is 13.4. The molecule has 0 atom stereocenters. The minimum absolute atomic E-state index is 0.889. The van der Waals surface area contributed by atoms with Gasteiger partial charge < -0.3 is 19.5 Å². The molecule has 0 unspecified atom stereocenters. The van der Waals surface area contributed by atoms with Crippen molar-refractivity contribution >= 4 is 47.8 Å². The molecular weight excluding hydrogens is 604 g/mol. The molecule has 0 radical (unpaired) electrons. The molecule has 0 aromatic carbocycles. The Labute approximate surface area is 223 Å². The van der Waals surface area contributed by atoms with Crippen LogP contribution in [0.3, 0.4) is 0 Å². The van der Waals surface area contributed by atoms with Crippen LogP contribution in [0.25, 0.3) is 0 Å². The average molecular weight is 653 g/mol. The highest BCUT2D eigenvalue weighted by atomic mass is 79.9. The number of halogens is 3. The fourth-order valence-corrected chi connectivity index (χ4v) is 4.37. The molecule has 8 heteroatoms. The van der Waals surface area contributed by atoms with E-state index in [2.05, 4.69) is 58.0 Å². The van der Waals surface area contributed by atoms with Crippen molar-refractivity contribution in [1.29, 1.82) is 0 Å². The van der Waals surface area contributed by atoms with E-state index in [0.29, 0.717) is 0 Å². The lowest BCUT2D eigenvalue weighted by Crippen LogP contribution is -2.36. The fourth-order valence-electron chi connectivity index (χ4n) is 3.18. The second kappa shape index (κ2) is 30.3. The summed E-state index contributed by atoms with van der Waals surface area (Å²) >= 11 is 10.2. The summed E-state index contributed by atoms with van der Waals surface area (Å²) in [7, 11) is 0. The Bertz CT molecular complexity index is 306. The van der Waals surface area contributed by atoms with Crippen molar-refractivity contribution in [3.8, 4) is 0 Å². The topological polar surface area (TPSA) is 43.0 Å². The van der Waals surface area contributed by atoms with Gasteiger partial charge in [-0.2, -0.15) is 0 Å². The first kappa shape index (κ1) is 33.2. The van der Waals surface area contributed by atoms with Gasteiger partial charge in [0.2, 0.25) is 0 Å². The lowest BCUT2D eigenvalue weighted by Gasteiger charge is -2.26. The second-order valence-corrected chi connectivity index (χ2v) is 10.4. The third-order valence-electron chi connectivity index (χ3n) is 5.15. The molecule has 5 nitrogen and oxygen atoms in total. The molecule has 0 aromatic rings. The van der Waals surface area contributed by atoms with Crippen LogP contribution in [0.15, 0.2) is 0 Å². The van der Waals surface area contributed by atoms with Gasteiger partial charge in [-0.1, -0.05) is 73.5 Å². The number of hydrogen-bond acceptors (Lipinski definition) is 5. The number of ether oxygens (including phenoxy) is 3. The molecule has 3 heterocycles. The number of morpholine rings is 2. The molecule has 0 amide bonds. The first-order valence-electron chi connectivity index (χ1n) is 12.7. The van der Waals surface area contributed by atoms with E-state index < -0.39 is 0 Å². The largest absolute Gasteiger partial charge is 0.381 e. The summed E-state index contributed by atoms with van der Waals surface area (Å²) < 4.78 is 15.2. The summed E-state index contributed by atoms with van der Waals surface area (Å²) in [5.41, 5.74) is 0. The highest BCUT2D eigenvalue weighted by Gasteiger charge is 2.08. The molecule has 0 aromatic heterocycles. The highest BCUT2D eigenvalue weighted by Crippen LogP contribution is 2.05. The van der Waals surface area contributed by atoms with Crippen molar-refractivity contribution in [3.63, 3.8) is 0 Å². The Morgan fingerprint density at radius 1 is 0.531 bits per heavy atom. The van der Waals surface area contributed by atoms with Crippen molar-refractivity contribution in [2.75, 3.05) is 88.4 Å². The Morgan fingerprint density at radius 2 is 0.969 bits per heavy atom. The number of hydrogen-bond donors (Lipinski definition) is 1. The SMILES string of the molecule is BrCCCCCCBr.BrCCCCCCN1CCOCC1.C1CCOC1.C1COCCN1. The van der Waals surface area contributed by atoms with Gasteiger partial charge in [-0.25, -0.2) is 0 Å². The molecule has 3 fully saturated rings. The van der Waals surface area contributed by atoms with E-state index in [1.54, 1.807) is 0 Å². The van der Waals surface area contributed by atoms with Gasteiger partial charge in [-0.05, 0) is 45.1 Å². The molecule has 0 spiro atoms. The number of nitrogens with one attached hydrogen (secondary N) is 1. The van der Waals surface area contributed by atoms with Gasteiger partial charge in [0.05, 0.1) is 26.4 Å². The van der Waals surface area contributed by atoms with Crippen molar-refractivity contribution in [1.82, 2.24) is 10.2 Å². The average Bonchev–Trinajstić information content (AvgIpc) is 3.45. The van der Waals surface area contributed by atoms with Crippen molar-refractivity contribution < 1.29 is 14.2 Å². The van der Waals surface area contributed by atoms with Crippen LogP contribution in [-0.4, -0.2) is 93.3 Å². The van der Waals surface area contributed by atoms with Crippen LogP contribution in [0, 0.1) is 0 Å². The van der Waals surface area contributed by atoms with E-state index >= 15 is 0 Å². The van der Waals surface area contributed by atoms with Gasteiger partial charge >= 0.3 is 0 Å². The zero-order valence-electron chi connectivity index (χ0n) is 20.3. The fraction of sp³-hybridized carbons (Fsp3) is 1.00. The summed E-state index contributed by atoms with van der Waals surface area (Å²) in [5.74, 6) is 0. The summed E-state index contributed by atoms with van der Waals surface area (Å²) in [6.45, 7) is 11.2. The van der Waals surface area contributed by atoms with Crippen LogP contribution in [0.2, 0.25) is 0 Å². The van der Waals surface area contributed by atoms with E-state index in [1.807, 2.05) is 0 Å². The highest BCUT2D eigenvalue weighted by molar-refractivity contribution is 9.09. The van der Waals surface area contributed by atoms with Gasteiger partial charge in [-0.3, -0.25) is 4.90 Å². The van der Waals surface area contributed by atoms with E-state index in [0.717, 1.165) is 81.8 Å². The van der Waals surface area contributed by atoms with Crippen molar-refractivity contribution in [3.05, 3.63) is 0 Å². The lowest BCUT2D eigenvalue weighted by atomic mass is 10.2. The zero-order chi connectivity index (χ0) is 23.4. The predicted octanol–water partition coefficient (Wildman–Crippen LogP) is 6.01. The molecule has 0 saturated carbocycles. The van der Waals surface area contributed by atoms with Crippen molar-refractivity contribution in [2.24, 2.45) is 0 Å². The maximum atomic E-state index is 5.30. The molecule has 3 aliphatic heterocycles. The van der Waals surface area contributed by atoms with Gasteiger partial charge in [0.1, 0.15) is 0 Å². The Hall–Kier alpha value is 1.24. The number of rotatable bonds is 11. The normalized spacial score (nSPS) is 18.5. The molecule has 0 aliphatic carbocycles. The van der Waals surface area contributed by atoms with Gasteiger partial charge in [0.15, 0.2) is 0 Å². The van der Waals surface area contributed by atoms with Crippen LogP contribution in [0.4, 0.5) is 0 Å². The first-order chi connectivity index (χ1) is 15.8. The second-order valence-electron chi connectivity index (χ2n) is 8.03. The molecule has 0 bridgehead atoms. The van der Waals surface area contributed by atoms with Crippen LogP contribution in [0.1, 0.15) is 64.2 Å². The molecule has 194 valence electrons. The van der Waals surface area contributed by atoms with Gasteiger partial charge in [0, 0.05) is 55.4 Å². The van der Waals surface area contributed by atoms with E-state index in [4.69, 9.17) is 14.2 Å². The minimum atomic E-state index is 0.889. The van der Waals surface area contributed by atoms with E-state index in [9.17, 15) is 0 Å². The van der Waals surface area contributed by atoms with E-state index in [1.165, 1.54) is 70.8 Å². The third-order valence-corrected chi connectivity index (χ3v) is 6.83. The minimum Gasteiger partial charge on any atom is -0.381 e. The maximum absolute atomic E-state index is 5.30. The maximum Gasteiger partial charge on any atom is 0.0594 e. The number of nitrogens with zero attached hydrogens (tertiary/aromatic N) is 1. The molecule has 32 heavy (non-hydrogen) atoms. The lowest BCUT2D eigenvalue weighted by molar-refractivity contribution is 0.0371. The first-order valence-corrected chi connectivity index (χ1v) is 16.1. The third kappa shape index (κ3) is 27.5. The summed E-state index contributed by atoms with van der Waals surface area (Å²) in [4.78, 5) is 2.51. The van der Waals surface area contributed by atoms with Crippen molar-refractivity contribution in [2.45, 2.75) is 64.2 Å². The summed E-state index contributed by atoms with van der Waals surface area (Å²) in [5, 5.41) is 6.64. The Balaban J connectivity index is 0.000000431. The van der Waals surface area contributed by atoms with Crippen LogP contribution in [0.5, 0.6) is 0 Å². The number of unbranched alkanes of at least 4 members (excludes halogenated alkanes) is 6. The zero-order valence-corrected chi connectivity index (χ0v) is 25.0. The van der Waals surface area contributed by atoms with Crippen LogP contribution >= 0.6 is 47.8 Å². The predicted molar refractivity (Wildman–Crippen MR) is 149 cm³/mol. The molecule has 3 rings (SSSR count). The smallest absolute Gasteiger partial charge is 0.0594 e. The molecule has 3 saturated heterocycles. The Morgan fingerprint density at radius 3 is 1.31 bits per heavy atom. The molecular formula is C24H49Br3N2O3. The monoisotopic (exact) mass is 650 g/mol.